The monoisotopic (exact) mass is 358 g/mol. The first kappa shape index (κ1) is 21.4. The molecular weight excluding hydrogens is 323 g/mol. The maximum absolute atomic E-state index is 11.4. The van der Waals surface area contributed by atoms with Gasteiger partial charge in [0.05, 0.1) is 0 Å². The normalized spacial score (nSPS) is 15.2. The fourth-order valence-electron chi connectivity index (χ4n) is 2.85. The molecule has 1 rings (SSSR count). The third-order valence-electron chi connectivity index (χ3n) is 4.16. The molecule has 0 heterocycles. The second-order valence-electron chi connectivity index (χ2n) is 8.53. The van der Waals surface area contributed by atoms with Crippen molar-refractivity contribution >= 4 is 12.6 Å². The SMILES string of the molecule is CCOP(C)(O)(OCC)c1cc(C(C)(C)C)c(O)c(C(C)(C)C)c1. The molecule has 0 spiro atoms. The molecule has 0 saturated heterocycles. The van der Waals surface area contributed by atoms with Crippen LogP contribution >= 0.6 is 7.28 Å². The molecule has 0 saturated carbocycles. The van der Waals surface area contributed by atoms with Crippen molar-refractivity contribution in [2.45, 2.75) is 66.2 Å². The Kier molecular flexibility index (Phi) is 5.85. The quantitative estimate of drug-likeness (QED) is 0.755. The van der Waals surface area contributed by atoms with Gasteiger partial charge < -0.3 is 0 Å². The Hall–Kier alpha value is -0.670. The molecular formula is C19H35O4P. The molecule has 5 heteroatoms. The van der Waals surface area contributed by atoms with E-state index in [1.165, 1.54) is 0 Å². The van der Waals surface area contributed by atoms with Gasteiger partial charge in [0.2, 0.25) is 0 Å². The molecule has 0 aliphatic heterocycles. The predicted octanol–water partition coefficient (Wildman–Crippen LogP) is 4.61. The Balaban J connectivity index is 3.83. The topological polar surface area (TPSA) is 58.9 Å². The second-order valence-corrected chi connectivity index (χ2v) is 12.2. The summed E-state index contributed by atoms with van der Waals surface area (Å²) < 4.78 is 11.6. The van der Waals surface area contributed by atoms with Crippen LogP contribution in [-0.2, 0) is 19.9 Å². The molecule has 0 fully saturated rings. The number of phenolic OH excluding ortho intramolecular Hbond substituents is 1. The molecule has 4 nitrogen and oxygen atoms in total. The molecule has 140 valence electrons. The van der Waals surface area contributed by atoms with E-state index in [1.54, 1.807) is 6.66 Å². The Morgan fingerprint density at radius 3 is 1.46 bits per heavy atom. The van der Waals surface area contributed by atoms with Crippen molar-refractivity contribution in [3.63, 3.8) is 0 Å². The fraction of sp³-hybridized carbons (Fsp3) is 0.684. The average Bonchev–Trinajstić information content (AvgIpc) is 2.35. The average molecular weight is 358 g/mol. The van der Waals surface area contributed by atoms with Gasteiger partial charge in [0.15, 0.2) is 0 Å². The van der Waals surface area contributed by atoms with Gasteiger partial charge in [-0.05, 0) is 0 Å². The predicted molar refractivity (Wildman–Crippen MR) is 103 cm³/mol. The minimum atomic E-state index is -3.97. The third kappa shape index (κ3) is 4.29. The Bertz CT molecular complexity index is 549. The van der Waals surface area contributed by atoms with Crippen molar-refractivity contribution in [2.24, 2.45) is 0 Å². The van der Waals surface area contributed by atoms with Crippen LogP contribution < -0.4 is 5.30 Å². The molecule has 0 amide bonds. The van der Waals surface area contributed by atoms with Crippen LogP contribution in [0.25, 0.3) is 0 Å². The van der Waals surface area contributed by atoms with Crippen molar-refractivity contribution < 1.29 is 19.0 Å². The summed E-state index contributed by atoms with van der Waals surface area (Å²) in [6.07, 6.45) is 0. The van der Waals surface area contributed by atoms with Gasteiger partial charge in [0.1, 0.15) is 0 Å². The van der Waals surface area contributed by atoms with E-state index < -0.39 is 7.28 Å². The van der Waals surface area contributed by atoms with Crippen LogP contribution in [0.2, 0.25) is 0 Å². The number of aromatic hydroxyl groups is 1. The number of rotatable bonds is 5. The zero-order valence-corrected chi connectivity index (χ0v) is 17.6. The molecule has 2 N–H and O–H groups in total. The molecule has 1 aromatic carbocycles. The number of phenols is 1. The van der Waals surface area contributed by atoms with Crippen molar-refractivity contribution in [1.82, 2.24) is 0 Å². The molecule has 0 aliphatic rings. The van der Waals surface area contributed by atoms with E-state index in [2.05, 4.69) is 0 Å². The van der Waals surface area contributed by atoms with Crippen molar-refractivity contribution in [3.05, 3.63) is 23.3 Å². The summed E-state index contributed by atoms with van der Waals surface area (Å²) in [5.41, 5.74) is 1.02. The molecule has 24 heavy (non-hydrogen) atoms. The van der Waals surface area contributed by atoms with E-state index >= 15 is 0 Å². The van der Waals surface area contributed by atoms with E-state index in [0.29, 0.717) is 18.5 Å². The summed E-state index contributed by atoms with van der Waals surface area (Å²) in [6.45, 7) is 18.3. The minimum absolute atomic E-state index is 0.275. The van der Waals surface area contributed by atoms with Gasteiger partial charge in [-0.25, -0.2) is 0 Å². The summed E-state index contributed by atoms with van der Waals surface area (Å²) in [7, 11) is -3.97. The standard InChI is InChI=1S/C19H35O4P/c1-10-22-24(9,21,23-11-2)14-12-15(18(3,4)5)17(20)16(13-14)19(6,7)8/h12-13,20-21H,10-11H2,1-9H3. The molecule has 0 radical (unpaired) electrons. The van der Waals surface area contributed by atoms with Crippen molar-refractivity contribution in [2.75, 3.05) is 19.9 Å². The van der Waals surface area contributed by atoms with Gasteiger partial charge in [-0.3, -0.25) is 0 Å². The van der Waals surface area contributed by atoms with Crippen LogP contribution in [0, 0.1) is 0 Å². The van der Waals surface area contributed by atoms with Gasteiger partial charge in [0, 0.05) is 0 Å². The first-order valence-electron chi connectivity index (χ1n) is 8.61. The van der Waals surface area contributed by atoms with Crippen LogP contribution in [0.5, 0.6) is 5.75 Å². The maximum atomic E-state index is 11.4. The van der Waals surface area contributed by atoms with E-state index in [1.807, 2.05) is 67.5 Å². The molecule has 0 atom stereocenters. The summed E-state index contributed by atoms with van der Waals surface area (Å²) in [4.78, 5) is 11.4. The molecule has 1 aromatic rings. The van der Waals surface area contributed by atoms with E-state index in [9.17, 15) is 10.00 Å². The molecule has 0 unspecified atom stereocenters. The summed E-state index contributed by atoms with van der Waals surface area (Å²) in [6, 6.07) is 3.68. The fourth-order valence-corrected chi connectivity index (χ4v) is 5.28. The number of hydrogen-bond donors (Lipinski definition) is 2. The summed E-state index contributed by atoms with van der Waals surface area (Å²) in [5, 5.41) is 11.5. The van der Waals surface area contributed by atoms with Crippen LogP contribution in [0.4, 0.5) is 0 Å². The Labute approximate surface area is 147 Å². The van der Waals surface area contributed by atoms with Gasteiger partial charge >= 0.3 is 147 Å². The molecule has 0 aromatic heterocycles. The third-order valence-corrected chi connectivity index (χ3v) is 7.32. The first-order valence-corrected chi connectivity index (χ1v) is 11.1. The van der Waals surface area contributed by atoms with E-state index in [4.69, 9.17) is 9.05 Å². The van der Waals surface area contributed by atoms with Crippen LogP contribution in [0.1, 0.15) is 66.5 Å². The Morgan fingerprint density at radius 1 is 0.875 bits per heavy atom. The number of hydrogen-bond acceptors (Lipinski definition) is 4. The molecule has 0 aliphatic carbocycles. The van der Waals surface area contributed by atoms with E-state index in [0.717, 1.165) is 11.1 Å². The van der Waals surface area contributed by atoms with Crippen molar-refractivity contribution in [1.29, 1.82) is 0 Å². The molecule has 0 bridgehead atoms. The zero-order chi connectivity index (χ0) is 19.0. The second kappa shape index (κ2) is 6.57. The Morgan fingerprint density at radius 2 is 1.21 bits per heavy atom. The van der Waals surface area contributed by atoms with Gasteiger partial charge in [-0.1, -0.05) is 0 Å². The van der Waals surface area contributed by atoms with Gasteiger partial charge in [-0.2, -0.15) is 0 Å². The van der Waals surface area contributed by atoms with E-state index in [-0.39, 0.29) is 16.6 Å². The zero-order valence-electron chi connectivity index (χ0n) is 16.7. The van der Waals surface area contributed by atoms with Crippen LogP contribution in [0.15, 0.2) is 12.1 Å². The van der Waals surface area contributed by atoms with Gasteiger partial charge in [-0.15, -0.1) is 0 Å². The van der Waals surface area contributed by atoms with Crippen LogP contribution in [0.3, 0.4) is 0 Å². The first-order chi connectivity index (χ1) is 10.7. The van der Waals surface area contributed by atoms with Crippen molar-refractivity contribution in [3.8, 4) is 5.75 Å². The summed E-state index contributed by atoms with van der Waals surface area (Å²) >= 11 is 0. The number of benzene rings is 1. The summed E-state index contributed by atoms with van der Waals surface area (Å²) in [5.74, 6) is 0.283. The van der Waals surface area contributed by atoms with Gasteiger partial charge in [0.25, 0.3) is 0 Å². The van der Waals surface area contributed by atoms with Crippen LogP contribution in [-0.4, -0.2) is 29.9 Å².